The lowest BCUT2D eigenvalue weighted by Crippen LogP contribution is -2.32. The molecule has 1 aromatic carbocycles. The van der Waals surface area contributed by atoms with Gasteiger partial charge in [0, 0.05) is 5.56 Å². The molecule has 5 heteroatoms. The Bertz CT molecular complexity index is 338. The lowest BCUT2D eigenvalue weighted by Gasteiger charge is -2.07. The summed E-state index contributed by atoms with van der Waals surface area (Å²) in [7, 11) is 0. The first-order chi connectivity index (χ1) is 7.00. The molecule has 0 saturated carbocycles. The molecule has 82 valence electrons. The standard InChI is InChI=1S/C10H11F2NO2/c11-9(12)7-3-1-6(2-4-7)5-8(13)10(14)15/h1-4,8-9H,5,13H2,(H,14,15)/t8-/m0/s1. The van der Waals surface area contributed by atoms with Crippen LogP contribution < -0.4 is 5.73 Å². The summed E-state index contributed by atoms with van der Waals surface area (Å²) in [6, 6.07) is 4.47. The second-order valence-electron chi connectivity index (χ2n) is 3.19. The van der Waals surface area contributed by atoms with Gasteiger partial charge in [-0.15, -0.1) is 0 Å². The number of hydrogen-bond donors (Lipinski definition) is 2. The first-order valence-electron chi connectivity index (χ1n) is 4.36. The molecule has 0 saturated heterocycles. The summed E-state index contributed by atoms with van der Waals surface area (Å²) in [5.74, 6) is -1.10. The summed E-state index contributed by atoms with van der Waals surface area (Å²) in [5.41, 5.74) is 5.85. The topological polar surface area (TPSA) is 63.3 Å². The van der Waals surface area contributed by atoms with Crippen LogP contribution in [0, 0.1) is 0 Å². The predicted molar refractivity (Wildman–Crippen MR) is 50.7 cm³/mol. The fourth-order valence-corrected chi connectivity index (χ4v) is 1.14. The molecule has 0 heterocycles. The Balaban J connectivity index is 2.68. The smallest absolute Gasteiger partial charge is 0.320 e. The Morgan fingerprint density at radius 3 is 2.27 bits per heavy atom. The summed E-state index contributed by atoms with van der Waals surface area (Å²) in [5, 5.41) is 8.54. The van der Waals surface area contributed by atoms with Gasteiger partial charge < -0.3 is 10.8 Å². The minimum atomic E-state index is -2.51. The number of carboxylic acids is 1. The van der Waals surface area contributed by atoms with Gasteiger partial charge in [-0.25, -0.2) is 8.78 Å². The van der Waals surface area contributed by atoms with Crippen molar-refractivity contribution in [3.63, 3.8) is 0 Å². The van der Waals surface area contributed by atoms with Gasteiger partial charge in [0.1, 0.15) is 6.04 Å². The Morgan fingerprint density at radius 1 is 1.33 bits per heavy atom. The monoisotopic (exact) mass is 215 g/mol. The minimum absolute atomic E-state index is 0.0809. The van der Waals surface area contributed by atoms with Crippen LogP contribution in [0.15, 0.2) is 24.3 Å². The van der Waals surface area contributed by atoms with Gasteiger partial charge in [-0.1, -0.05) is 24.3 Å². The highest BCUT2D eigenvalue weighted by Crippen LogP contribution is 2.18. The summed E-state index contributed by atoms with van der Waals surface area (Å²) in [6.07, 6.45) is -2.37. The van der Waals surface area contributed by atoms with Crippen LogP contribution in [0.3, 0.4) is 0 Å². The molecule has 0 spiro atoms. The van der Waals surface area contributed by atoms with Crippen LogP contribution in [-0.4, -0.2) is 17.1 Å². The molecule has 0 radical (unpaired) electrons. The van der Waals surface area contributed by atoms with Crippen molar-refractivity contribution in [2.24, 2.45) is 5.73 Å². The highest BCUT2D eigenvalue weighted by atomic mass is 19.3. The molecule has 0 unspecified atom stereocenters. The van der Waals surface area contributed by atoms with Crippen molar-refractivity contribution >= 4 is 5.97 Å². The molecular weight excluding hydrogens is 204 g/mol. The molecule has 0 aliphatic heterocycles. The zero-order chi connectivity index (χ0) is 11.4. The fraction of sp³-hybridized carbons (Fsp3) is 0.300. The molecule has 1 aromatic rings. The van der Waals surface area contributed by atoms with E-state index >= 15 is 0 Å². The zero-order valence-electron chi connectivity index (χ0n) is 7.86. The van der Waals surface area contributed by atoms with Gasteiger partial charge in [-0.3, -0.25) is 4.79 Å². The highest BCUT2D eigenvalue weighted by Gasteiger charge is 2.12. The molecular formula is C10H11F2NO2. The summed E-state index contributed by atoms with van der Waals surface area (Å²) in [6.45, 7) is 0. The Hall–Kier alpha value is -1.49. The summed E-state index contributed by atoms with van der Waals surface area (Å²) >= 11 is 0. The number of halogens is 2. The van der Waals surface area contributed by atoms with E-state index in [1.54, 1.807) is 0 Å². The highest BCUT2D eigenvalue weighted by molar-refractivity contribution is 5.73. The minimum Gasteiger partial charge on any atom is -0.480 e. The Labute approximate surface area is 85.5 Å². The van der Waals surface area contributed by atoms with Crippen molar-refractivity contribution < 1.29 is 18.7 Å². The first-order valence-corrected chi connectivity index (χ1v) is 4.36. The van der Waals surface area contributed by atoms with Crippen LogP contribution in [-0.2, 0) is 11.2 Å². The Morgan fingerprint density at radius 2 is 1.87 bits per heavy atom. The fourth-order valence-electron chi connectivity index (χ4n) is 1.14. The van der Waals surface area contributed by atoms with Crippen LogP contribution in [0.4, 0.5) is 8.78 Å². The van der Waals surface area contributed by atoms with Crippen molar-refractivity contribution in [3.8, 4) is 0 Å². The first kappa shape index (κ1) is 11.6. The van der Waals surface area contributed by atoms with Crippen molar-refractivity contribution in [2.45, 2.75) is 18.9 Å². The van der Waals surface area contributed by atoms with Gasteiger partial charge in [-0.05, 0) is 12.0 Å². The van der Waals surface area contributed by atoms with Gasteiger partial charge in [0.15, 0.2) is 0 Å². The molecule has 3 N–H and O–H groups in total. The lowest BCUT2D eigenvalue weighted by atomic mass is 10.1. The molecule has 0 aliphatic rings. The number of alkyl halides is 2. The van der Waals surface area contributed by atoms with Crippen LogP contribution in [0.2, 0.25) is 0 Å². The maximum atomic E-state index is 12.2. The number of nitrogens with two attached hydrogens (primary N) is 1. The van der Waals surface area contributed by atoms with Gasteiger partial charge in [-0.2, -0.15) is 0 Å². The average molecular weight is 215 g/mol. The Kier molecular flexibility index (Phi) is 3.74. The third-order valence-corrected chi connectivity index (χ3v) is 2.00. The molecule has 0 aromatic heterocycles. The molecule has 0 fully saturated rings. The second kappa shape index (κ2) is 4.84. The van der Waals surface area contributed by atoms with E-state index in [1.165, 1.54) is 24.3 Å². The van der Waals surface area contributed by atoms with E-state index in [9.17, 15) is 13.6 Å². The van der Waals surface area contributed by atoms with Gasteiger partial charge in [0.05, 0.1) is 0 Å². The number of rotatable bonds is 4. The second-order valence-corrected chi connectivity index (χ2v) is 3.19. The number of aliphatic carboxylic acids is 1. The number of hydrogen-bond acceptors (Lipinski definition) is 2. The quantitative estimate of drug-likeness (QED) is 0.801. The lowest BCUT2D eigenvalue weighted by molar-refractivity contribution is -0.138. The van der Waals surface area contributed by atoms with Crippen molar-refractivity contribution in [3.05, 3.63) is 35.4 Å². The zero-order valence-corrected chi connectivity index (χ0v) is 7.86. The number of benzene rings is 1. The number of carboxylic acid groups (broad SMARTS) is 1. The molecule has 1 rings (SSSR count). The third-order valence-electron chi connectivity index (χ3n) is 2.00. The molecule has 0 bridgehead atoms. The maximum absolute atomic E-state index is 12.2. The van der Waals surface area contributed by atoms with E-state index in [-0.39, 0.29) is 12.0 Å². The van der Waals surface area contributed by atoms with Crippen LogP contribution in [0.5, 0.6) is 0 Å². The van der Waals surface area contributed by atoms with E-state index in [2.05, 4.69) is 0 Å². The third kappa shape index (κ3) is 3.28. The summed E-state index contributed by atoms with van der Waals surface area (Å²) in [4.78, 5) is 10.4. The van der Waals surface area contributed by atoms with Crippen LogP contribution in [0.1, 0.15) is 17.6 Å². The van der Waals surface area contributed by atoms with E-state index in [0.717, 1.165) is 0 Å². The molecule has 1 atom stereocenters. The molecule has 0 amide bonds. The van der Waals surface area contributed by atoms with Crippen molar-refractivity contribution in [1.82, 2.24) is 0 Å². The normalized spacial score (nSPS) is 12.8. The molecule has 0 aliphatic carbocycles. The van der Waals surface area contributed by atoms with E-state index in [1.807, 2.05) is 0 Å². The van der Waals surface area contributed by atoms with Crippen LogP contribution in [0.25, 0.3) is 0 Å². The average Bonchev–Trinajstić information content (AvgIpc) is 2.18. The van der Waals surface area contributed by atoms with E-state index in [0.29, 0.717) is 5.56 Å². The largest absolute Gasteiger partial charge is 0.480 e. The van der Waals surface area contributed by atoms with Crippen molar-refractivity contribution in [1.29, 1.82) is 0 Å². The SMILES string of the molecule is N[C@@H](Cc1ccc(C(F)F)cc1)C(=O)O. The number of carbonyl (C=O) groups is 1. The maximum Gasteiger partial charge on any atom is 0.320 e. The van der Waals surface area contributed by atoms with E-state index in [4.69, 9.17) is 10.8 Å². The van der Waals surface area contributed by atoms with Gasteiger partial charge >= 0.3 is 5.97 Å². The van der Waals surface area contributed by atoms with Crippen LogP contribution >= 0.6 is 0 Å². The molecule has 15 heavy (non-hydrogen) atoms. The van der Waals surface area contributed by atoms with Gasteiger partial charge in [0.25, 0.3) is 6.43 Å². The van der Waals surface area contributed by atoms with Gasteiger partial charge in [0.2, 0.25) is 0 Å². The predicted octanol–water partition coefficient (Wildman–Crippen LogP) is 1.58. The molecule has 3 nitrogen and oxygen atoms in total. The summed E-state index contributed by atoms with van der Waals surface area (Å²) < 4.78 is 24.3. The van der Waals surface area contributed by atoms with Crippen molar-refractivity contribution in [2.75, 3.05) is 0 Å². The van der Waals surface area contributed by atoms with E-state index < -0.39 is 18.4 Å².